The zero-order valence-corrected chi connectivity index (χ0v) is 11.2. The van der Waals surface area contributed by atoms with Crippen molar-refractivity contribution in [2.45, 2.75) is 4.90 Å². The van der Waals surface area contributed by atoms with E-state index in [-0.39, 0.29) is 16.6 Å². The van der Waals surface area contributed by atoms with E-state index in [1.807, 2.05) is 0 Å². The van der Waals surface area contributed by atoms with Crippen LogP contribution in [0.15, 0.2) is 41.4 Å². The minimum atomic E-state index is -0.496. The van der Waals surface area contributed by atoms with E-state index in [1.54, 1.807) is 18.2 Å². The molecular weight excluding hydrogens is 286 g/mol. The fourth-order valence-corrected chi connectivity index (χ4v) is 1.76. The van der Waals surface area contributed by atoms with Crippen LogP contribution in [0.1, 0.15) is 0 Å². The van der Waals surface area contributed by atoms with Crippen LogP contribution in [0.25, 0.3) is 0 Å². The van der Waals surface area contributed by atoms with Crippen LogP contribution in [-0.2, 0) is 0 Å². The van der Waals surface area contributed by atoms with Crippen molar-refractivity contribution in [3.63, 3.8) is 0 Å². The molecule has 1 heterocycles. The first kappa shape index (κ1) is 13.5. The molecular formula is C12H10ClN3O2S. The number of thiol groups is 1. The average molecular weight is 296 g/mol. The number of carbonyl (C=O) groups excluding carboxylic acids is 1. The third kappa shape index (κ3) is 3.77. The molecule has 0 aliphatic rings. The van der Waals surface area contributed by atoms with Crippen molar-refractivity contribution in [2.75, 3.05) is 10.6 Å². The molecule has 0 fully saturated rings. The number of aromatic hydroxyl groups is 1. The minimum absolute atomic E-state index is 0.0598. The maximum absolute atomic E-state index is 11.7. The van der Waals surface area contributed by atoms with E-state index in [0.717, 1.165) is 0 Å². The van der Waals surface area contributed by atoms with Crippen LogP contribution in [0, 0.1) is 0 Å². The zero-order valence-electron chi connectivity index (χ0n) is 9.59. The van der Waals surface area contributed by atoms with E-state index in [0.29, 0.717) is 10.6 Å². The molecule has 0 aliphatic heterocycles. The number of nitrogens with zero attached hydrogens (tertiary/aromatic N) is 1. The Labute approximate surface area is 120 Å². The van der Waals surface area contributed by atoms with Crippen molar-refractivity contribution in [3.8, 4) is 5.75 Å². The van der Waals surface area contributed by atoms with Crippen molar-refractivity contribution in [1.82, 2.24) is 4.98 Å². The highest BCUT2D eigenvalue weighted by molar-refractivity contribution is 7.80. The summed E-state index contributed by atoms with van der Waals surface area (Å²) in [7, 11) is 0. The number of aromatic nitrogens is 1. The van der Waals surface area contributed by atoms with Gasteiger partial charge in [0, 0.05) is 16.8 Å². The van der Waals surface area contributed by atoms with Crippen molar-refractivity contribution < 1.29 is 9.90 Å². The van der Waals surface area contributed by atoms with Crippen LogP contribution in [0.5, 0.6) is 5.75 Å². The number of phenolic OH excluding ortho intramolecular Hbond substituents is 1. The number of carbonyl (C=O) groups is 1. The lowest BCUT2D eigenvalue weighted by Gasteiger charge is -2.09. The lowest BCUT2D eigenvalue weighted by Crippen LogP contribution is -2.19. The maximum Gasteiger partial charge on any atom is 0.323 e. The molecule has 98 valence electrons. The summed E-state index contributed by atoms with van der Waals surface area (Å²) in [6.07, 6.45) is 1.48. The van der Waals surface area contributed by atoms with Gasteiger partial charge >= 0.3 is 6.03 Å². The molecule has 0 saturated heterocycles. The molecule has 5 nitrogen and oxygen atoms in total. The van der Waals surface area contributed by atoms with Gasteiger partial charge in [0.25, 0.3) is 0 Å². The van der Waals surface area contributed by atoms with Gasteiger partial charge in [0.15, 0.2) is 0 Å². The number of pyridine rings is 1. The Hall–Kier alpha value is -1.92. The molecule has 19 heavy (non-hydrogen) atoms. The number of halogens is 1. The second-order valence-electron chi connectivity index (χ2n) is 3.65. The largest absolute Gasteiger partial charge is 0.506 e. The number of urea groups is 1. The fraction of sp³-hybridized carbons (Fsp3) is 0. The fourth-order valence-electron chi connectivity index (χ4n) is 1.39. The van der Waals surface area contributed by atoms with Crippen molar-refractivity contribution >= 4 is 41.6 Å². The molecule has 2 amide bonds. The number of nitrogens with one attached hydrogen (secondary N) is 2. The standard InChI is InChI=1S/C12H10ClN3O2S/c13-11-5-7(3-4-14-11)15-12(18)16-9-2-1-8(19)6-10(9)17/h1-6,17,19H,(H2,14,15,16,18). The predicted molar refractivity (Wildman–Crippen MR) is 77.2 cm³/mol. The van der Waals surface area contributed by atoms with Crippen molar-refractivity contribution in [3.05, 3.63) is 41.7 Å². The first-order valence-corrected chi connectivity index (χ1v) is 6.08. The summed E-state index contributed by atoms with van der Waals surface area (Å²) < 4.78 is 0. The van der Waals surface area contributed by atoms with E-state index in [1.165, 1.54) is 18.3 Å². The number of hydrogen-bond acceptors (Lipinski definition) is 4. The molecule has 0 unspecified atom stereocenters. The summed E-state index contributed by atoms with van der Waals surface area (Å²) in [5, 5.41) is 15.0. The Kier molecular flexibility index (Phi) is 4.13. The van der Waals surface area contributed by atoms with Gasteiger partial charge in [0.05, 0.1) is 5.69 Å². The Balaban J connectivity index is 2.05. The summed E-state index contributed by atoms with van der Waals surface area (Å²) in [6.45, 7) is 0. The number of phenols is 1. The number of anilines is 2. The second kappa shape index (κ2) is 5.81. The first-order chi connectivity index (χ1) is 9.04. The molecule has 1 aromatic carbocycles. The van der Waals surface area contributed by atoms with Gasteiger partial charge in [-0.05, 0) is 30.3 Å². The van der Waals surface area contributed by atoms with Crippen LogP contribution in [0.3, 0.4) is 0 Å². The first-order valence-electron chi connectivity index (χ1n) is 5.26. The topological polar surface area (TPSA) is 74.2 Å². The van der Waals surface area contributed by atoms with Crippen LogP contribution in [0.2, 0.25) is 5.15 Å². The van der Waals surface area contributed by atoms with Crippen LogP contribution < -0.4 is 10.6 Å². The van der Waals surface area contributed by atoms with E-state index in [4.69, 9.17) is 11.6 Å². The molecule has 0 atom stereocenters. The second-order valence-corrected chi connectivity index (χ2v) is 4.55. The zero-order chi connectivity index (χ0) is 13.8. The maximum atomic E-state index is 11.7. The van der Waals surface area contributed by atoms with Gasteiger partial charge in [0.1, 0.15) is 10.9 Å². The van der Waals surface area contributed by atoms with E-state index < -0.39 is 6.03 Å². The SMILES string of the molecule is O=C(Nc1ccnc(Cl)c1)Nc1ccc(S)cc1O. The molecule has 0 saturated carbocycles. The third-order valence-corrected chi connectivity index (χ3v) is 2.70. The highest BCUT2D eigenvalue weighted by atomic mass is 35.5. The van der Waals surface area contributed by atoms with Gasteiger partial charge in [-0.25, -0.2) is 9.78 Å². The Bertz CT molecular complexity index is 622. The Morgan fingerprint density at radius 1 is 1.26 bits per heavy atom. The predicted octanol–water partition coefficient (Wildman–Crippen LogP) is 3.37. The van der Waals surface area contributed by atoms with E-state index in [2.05, 4.69) is 28.2 Å². The molecule has 2 aromatic rings. The molecule has 2 rings (SSSR count). The summed E-state index contributed by atoms with van der Waals surface area (Å²) >= 11 is 9.77. The highest BCUT2D eigenvalue weighted by Gasteiger charge is 2.07. The molecule has 7 heteroatoms. The van der Waals surface area contributed by atoms with Crippen LogP contribution in [0.4, 0.5) is 16.2 Å². The number of rotatable bonds is 2. The summed E-state index contributed by atoms with van der Waals surface area (Å²) in [6, 6.07) is 7.25. The minimum Gasteiger partial charge on any atom is -0.506 e. The monoisotopic (exact) mass is 295 g/mol. The normalized spacial score (nSPS) is 10.0. The number of hydrogen-bond donors (Lipinski definition) is 4. The molecule has 1 aromatic heterocycles. The lowest BCUT2D eigenvalue weighted by atomic mass is 10.3. The van der Waals surface area contributed by atoms with E-state index in [9.17, 15) is 9.90 Å². The van der Waals surface area contributed by atoms with Crippen LogP contribution in [-0.4, -0.2) is 16.1 Å². The van der Waals surface area contributed by atoms with Gasteiger partial charge in [-0.2, -0.15) is 0 Å². The molecule has 0 bridgehead atoms. The summed E-state index contributed by atoms with van der Waals surface area (Å²) in [4.78, 5) is 16.1. The molecule has 0 spiro atoms. The Morgan fingerprint density at radius 2 is 2.05 bits per heavy atom. The third-order valence-electron chi connectivity index (χ3n) is 2.21. The van der Waals surface area contributed by atoms with Gasteiger partial charge in [0.2, 0.25) is 0 Å². The number of benzene rings is 1. The van der Waals surface area contributed by atoms with Crippen molar-refractivity contribution in [1.29, 1.82) is 0 Å². The highest BCUT2D eigenvalue weighted by Crippen LogP contribution is 2.25. The van der Waals surface area contributed by atoms with Crippen molar-refractivity contribution in [2.24, 2.45) is 0 Å². The molecule has 0 radical (unpaired) electrons. The summed E-state index contributed by atoms with van der Waals surface area (Å²) in [5.41, 5.74) is 0.790. The summed E-state index contributed by atoms with van der Waals surface area (Å²) in [5.74, 6) is -0.0598. The average Bonchev–Trinajstić information content (AvgIpc) is 2.33. The Morgan fingerprint density at radius 3 is 2.74 bits per heavy atom. The van der Waals surface area contributed by atoms with Gasteiger partial charge in [-0.15, -0.1) is 12.6 Å². The lowest BCUT2D eigenvalue weighted by molar-refractivity contribution is 0.262. The smallest absolute Gasteiger partial charge is 0.323 e. The van der Waals surface area contributed by atoms with Gasteiger partial charge in [-0.1, -0.05) is 11.6 Å². The molecule has 3 N–H and O–H groups in total. The van der Waals surface area contributed by atoms with Gasteiger partial charge < -0.3 is 15.7 Å². The quantitative estimate of drug-likeness (QED) is 0.390. The van der Waals surface area contributed by atoms with E-state index >= 15 is 0 Å². The molecule has 0 aliphatic carbocycles. The van der Waals surface area contributed by atoms with Gasteiger partial charge in [-0.3, -0.25) is 0 Å². The number of amides is 2. The van der Waals surface area contributed by atoms with Crippen LogP contribution >= 0.6 is 24.2 Å².